The fourth-order valence-corrected chi connectivity index (χ4v) is 2.75. The molecule has 0 saturated carbocycles. The average Bonchev–Trinajstić information content (AvgIpc) is 3.12. The highest BCUT2D eigenvalue weighted by molar-refractivity contribution is 5.88. The van der Waals surface area contributed by atoms with Crippen molar-refractivity contribution in [3.63, 3.8) is 0 Å². The Kier molecular flexibility index (Phi) is 4.59. The minimum atomic E-state index is -1.38. The minimum absolute atomic E-state index is 0.00900. The predicted molar refractivity (Wildman–Crippen MR) is 96.5 cm³/mol. The molecule has 0 amide bonds. The molecule has 0 saturated heterocycles. The van der Waals surface area contributed by atoms with E-state index in [1.807, 2.05) is 42.5 Å². The Morgan fingerprint density at radius 1 is 1.20 bits per heavy atom. The van der Waals surface area contributed by atoms with Crippen molar-refractivity contribution >= 4 is 17.1 Å². The number of hydrogen-bond donors (Lipinski definition) is 1. The summed E-state index contributed by atoms with van der Waals surface area (Å²) in [7, 11) is 0. The molecule has 0 radical (unpaired) electrons. The number of imidazole rings is 1. The molecular weight excluding hydrogens is 316 g/mol. The van der Waals surface area contributed by atoms with Gasteiger partial charge in [0.2, 0.25) is 0 Å². The van der Waals surface area contributed by atoms with Gasteiger partial charge in [0.25, 0.3) is 0 Å². The summed E-state index contributed by atoms with van der Waals surface area (Å²) in [6.07, 6.45) is 5.78. The molecule has 1 N–H and O–H groups in total. The van der Waals surface area contributed by atoms with Crippen LogP contribution in [0.2, 0.25) is 0 Å². The van der Waals surface area contributed by atoms with Gasteiger partial charge in [0.1, 0.15) is 24.2 Å². The van der Waals surface area contributed by atoms with Gasteiger partial charge in [-0.3, -0.25) is 0 Å². The molecule has 1 atom stereocenters. The zero-order valence-corrected chi connectivity index (χ0v) is 14.4. The van der Waals surface area contributed by atoms with Crippen molar-refractivity contribution in [2.75, 3.05) is 6.61 Å². The first-order chi connectivity index (χ1) is 12.0. The van der Waals surface area contributed by atoms with E-state index in [4.69, 9.17) is 4.74 Å². The number of aromatic nitrogens is 2. The molecule has 0 aliphatic carbocycles. The number of nitrogens with zero attached hydrogens (tertiary/aromatic N) is 2. The Hall–Kier alpha value is -2.66. The van der Waals surface area contributed by atoms with E-state index in [0.717, 1.165) is 17.1 Å². The van der Waals surface area contributed by atoms with Gasteiger partial charge >= 0.3 is 0 Å². The highest BCUT2D eigenvalue weighted by Gasteiger charge is 2.45. The molecular formula is C20H22N2O3. The van der Waals surface area contributed by atoms with Gasteiger partial charge in [-0.1, -0.05) is 50.2 Å². The fraction of sp³-hybridized carbons (Fsp3) is 0.300. The Labute approximate surface area is 146 Å². The number of aliphatic hydroxyl groups is 1. The number of ether oxygens (including phenoxy) is 1. The van der Waals surface area contributed by atoms with Crippen molar-refractivity contribution in [3.8, 4) is 5.75 Å². The van der Waals surface area contributed by atoms with E-state index in [9.17, 15) is 9.90 Å². The van der Waals surface area contributed by atoms with Crippen LogP contribution in [-0.4, -0.2) is 33.2 Å². The van der Waals surface area contributed by atoms with Gasteiger partial charge in [0, 0.05) is 17.8 Å². The number of aldehydes is 1. The second-order valence-electron chi connectivity index (χ2n) is 6.87. The largest absolute Gasteiger partial charge is 0.490 e. The van der Waals surface area contributed by atoms with E-state index >= 15 is 0 Å². The van der Waals surface area contributed by atoms with Gasteiger partial charge in [-0.2, -0.15) is 0 Å². The molecule has 0 aliphatic heterocycles. The maximum absolute atomic E-state index is 11.6. The molecule has 130 valence electrons. The second kappa shape index (κ2) is 6.69. The molecule has 25 heavy (non-hydrogen) atoms. The molecule has 0 fully saturated rings. The van der Waals surface area contributed by atoms with Crippen LogP contribution in [-0.2, 0) is 11.3 Å². The van der Waals surface area contributed by atoms with Crippen LogP contribution in [0, 0.1) is 5.41 Å². The van der Waals surface area contributed by atoms with Gasteiger partial charge < -0.3 is 19.2 Å². The van der Waals surface area contributed by atoms with Gasteiger partial charge in [-0.15, -0.1) is 0 Å². The first kappa shape index (κ1) is 17.2. The standard InChI is InChI=1S/C20H22N2O3/c1-19(2,13-23)20(24,12-22-11-10-21-15-22)14-25-18-9-5-7-16-6-3-4-8-17(16)18/h3-11,13,15,24H,12,14H2,1-2H3. The van der Waals surface area contributed by atoms with E-state index in [1.54, 1.807) is 37.1 Å². The summed E-state index contributed by atoms with van der Waals surface area (Å²) in [6, 6.07) is 13.7. The second-order valence-corrected chi connectivity index (χ2v) is 6.87. The lowest BCUT2D eigenvalue weighted by Gasteiger charge is -2.38. The average molecular weight is 338 g/mol. The maximum atomic E-state index is 11.6. The van der Waals surface area contributed by atoms with E-state index < -0.39 is 11.0 Å². The van der Waals surface area contributed by atoms with Crippen molar-refractivity contribution in [1.82, 2.24) is 9.55 Å². The minimum Gasteiger partial charge on any atom is -0.490 e. The molecule has 5 nitrogen and oxygen atoms in total. The third kappa shape index (κ3) is 3.42. The Morgan fingerprint density at radius 3 is 2.68 bits per heavy atom. The predicted octanol–water partition coefficient (Wildman–Crippen LogP) is 3.07. The number of carbonyl (C=O) groups is 1. The fourth-order valence-electron chi connectivity index (χ4n) is 2.75. The van der Waals surface area contributed by atoms with Crippen LogP contribution < -0.4 is 4.74 Å². The molecule has 1 heterocycles. The van der Waals surface area contributed by atoms with Gasteiger partial charge in [0.05, 0.1) is 18.3 Å². The third-order valence-electron chi connectivity index (χ3n) is 4.71. The topological polar surface area (TPSA) is 64.3 Å². The summed E-state index contributed by atoms with van der Waals surface area (Å²) in [6.45, 7) is 3.63. The Balaban J connectivity index is 1.89. The molecule has 0 aliphatic rings. The molecule has 5 heteroatoms. The molecule has 3 aromatic rings. The quantitative estimate of drug-likeness (QED) is 0.673. The summed E-state index contributed by atoms with van der Waals surface area (Å²) in [5.41, 5.74) is -2.37. The molecule has 1 unspecified atom stereocenters. The molecule has 2 aromatic carbocycles. The molecule has 1 aromatic heterocycles. The summed E-state index contributed by atoms with van der Waals surface area (Å²) >= 11 is 0. The number of benzene rings is 2. The smallest absolute Gasteiger partial charge is 0.128 e. The summed E-state index contributed by atoms with van der Waals surface area (Å²) in [5.74, 6) is 0.684. The first-order valence-corrected chi connectivity index (χ1v) is 8.20. The van der Waals surface area contributed by atoms with E-state index in [2.05, 4.69) is 4.98 Å². The number of carbonyl (C=O) groups excluding carboxylic acids is 1. The summed E-state index contributed by atoms with van der Waals surface area (Å²) < 4.78 is 7.73. The van der Waals surface area contributed by atoms with Gasteiger partial charge in [0.15, 0.2) is 0 Å². The zero-order valence-electron chi connectivity index (χ0n) is 14.4. The van der Waals surface area contributed by atoms with Crippen LogP contribution in [0.5, 0.6) is 5.75 Å². The lowest BCUT2D eigenvalue weighted by Crippen LogP contribution is -2.53. The highest BCUT2D eigenvalue weighted by Crippen LogP contribution is 2.33. The van der Waals surface area contributed by atoms with Crippen molar-refractivity contribution in [3.05, 3.63) is 61.2 Å². The Bertz CT molecular complexity index is 853. The van der Waals surface area contributed by atoms with E-state index in [-0.39, 0.29) is 13.2 Å². The lowest BCUT2D eigenvalue weighted by molar-refractivity contribution is -0.140. The van der Waals surface area contributed by atoms with Crippen LogP contribution in [0.3, 0.4) is 0 Å². The van der Waals surface area contributed by atoms with Crippen molar-refractivity contribution < 1.29 is 14.6 Å². The van der Waals surface area contributed by atoms with Crippen molar-refractivity contribution in [2.45, 2.75) is 26.0 Å². The monoisotopic (exact) mass is 338 g/mol. The molecule has 0 spiro atoms. The first-order valence-electron chi connectivity index (χ1n) is 8.20. The van der Waals surface area contributed by atoms with Crippen LogP contribution in [0.4, 0.5) is 0 Å². The highest BCUT2D eigenvalue weighted by atomic mass is 16.5. The van der Waals surface area contributed by atoms with Crippen LogP contribution >= 0.6 is 0 Å². The Morgan fingerprint density at radius 2 is 1.96 bits per heavy atom. The number of fused-ring (bicyclic) bond motifs is 1. The van der Waals surface area contributed by atoms with Crippen LogP contribution in [0.25, 0.3) is 10.8 Å². The number of hydrogen-bond acceptors (Lipinski definition) is 4. The van der Waals surface area contributed by atoms with Crippen LogP contribution in [0.15, 0.2) is 61.2 Å². The van der Waals surface area contributed by atoms with Crippen molar-refractivity contribution in [2.24, 2.45) is 5.41 Å². The van der Waals surface area contributed by atoms with E-state index in [0.29, 0.717) is 5.75 Å². The summed E-state index contributed by atoms with van der Waals surface area (Å²) in [4.78, 5) is 15.6. The molecule has 0 bridgehead atoms. The van der Waals surface area contributed by atoms with Gasteiger partial charge in [-0.25, -0.2) is 4.98 Å². The van der Waals surface area contributed by atoms with E-state index in [1.165, 1.54) is 0 Å². The molecule has 3 rings (SSSR count). The number of rotatable bonds is 7. The SMILES string of the molecule is CC(C)(C=O)C(O)(COc1cccc2ccccc12)Cn1ccnc1. The zero-order chi connectivity index (χ0) is 17.9. The normalized spacial score (nSPS) is 14.2. The third-order valence-corrected chi connectivity index (χ3v) is 4.71. The van der Waals surface area contributed by atoms with Crippen molar-refractivity contribution in [1.29, 1.82) is 0 Å². The summed E-state index contributed by atoms with van der Waals surface area (Å²) in [5, 5.41) is 13.3. The van der Waals surface area contributed by atoms with Gasteiger partial charge in [-0.05, 0) is 11.5 Å². The lowest BCUT2D eigenvalue weighted by atomic mass is 9.76. The van der Waals surface area contributed by atoms with Crippen LogP contribution in [0.1, 0.15) is 13.8 Å². The maximum Gasteiger partial charge on any atom is 0.128 e.